The van der Waals surface area contributed by atoms with Gasteiger partial charge in [0.25, 0.3) is 0 Å². The first kappa shape index (κ1) is 27.5. The first-order chi connectivity index (χ1) is 19.8. The number of halogens is 1. The number of carboxylic acids is 1. The number of imidazole rings is 1. The highest BCUT2D eigenvalue weighted by Gasteiger charge is 2.24. The van der Waals surface area contributed by atoms with Crippen LogP contribution < -0.4 is 4.90 Å². The smallest absolute Gasteiger partial charge is 0.335 e. The van der Waals surface area contributed by atoms with E-state index >= 15 is 0 Å². The zero-order valence-electron chi connectivity index (χ0n) is 23.5. The van der Waals surface area contributed by atoms with Crippen molar-refractivity contribution < 1.29 is 14.6 Å². The van der Waals surface area contributed by atoms with Gasteiger partial charge in [0.1, 0.15) is 5.82 Å². The van der Waals surface area contributed by atoms with Crippen LogP contribution in [0.1, 0.15) is 46.6 Å². The van der Waals surface area contributed by atoms with Crippen molar-refractivity contribution in [2.75, 3.05) is 31.6 Å². The molecule has 2 fully saturated rings. The van der Waals surface area contributed by atoms with Gasteiger partial charge in [-0.15, -0.1) is 0 Å². The molecule has 6 rings (SSSR count). The minimum atomic E-state index is -0.924. The fourth-order valence-electron chi connectivity index (χ4n) is 5.69. The van der Waals surface area contributed by atoms with Gasteiger partial charge in [0, 0.05) is 32.4 Å². The second-order valence-electron chi connectivity index (χ2n) is 11.1. The van der Waals surface area contributed by atoms with E-state index in [2.05, 4.69) is 56.8 Å². The minimum absolute atomic E-state index is 0.160. The lowest BCUT2D eigenvalue weighted by atomic mass is 10.0. The summed E-state index contributed by atoms with van der Waals surface area (Å²) in [5.41, 5.74) is 7.85. The number of nitrogens with zero attached hydrogens (tertiary/aromatic N) is 4. The predicted octanol–water partition coefficient (Wildman–Crippen LogP) is 6.93. The molecule has 1 aromatic heterocycles. The number of carboxylic acid groups (broad SMARTS) is 1. The highest BCUT2D eigenvalue weighted by molar-refractivity contribution is 6.33. The van der Waals surface area contributed by atoms with Crippen molar-refractivity contribution in [3.8, 4) is 0 Å². The summed E-state index contributed by atoms with van der Waals surface area (Å²) in [6.07, 6.45) is 5.50. The van der Waals surface area contributed by atoms with E-state index in [-0.39, 0.29) is 11.7 Å². The Hall–Kier alpha value is -3.65. The molecular weight excluding hydrogens is 536 g/mol. The number of hydrogen-bond donors (Lipinski definition) is 1. The van der Waals surface area contributed by atoms with E-state index in [0.29, 0.717) is 6.54 Å². The van der Waals surface area contributed by atoms with Gasteiger partial charge in [0.05, 0.1) is 46.5 Å². The zero-order chi connectivity index (χ0) is 28.5. The van der Waals surface area contributed by atoms with Crippen LogP contribution in [0.5, 0.6) is 0 Å². The lowest BCUT2D eigenvalue weighted by Gasteiger charge is -2.30. The molecule has 2 saturated heterocycles. The van der Waals surface area contributed by atoms with E-state index in [1.54, 1.807) is 12.1 Å². The molecule has 2 aliphatic rings. The molecule has 41 heavy (non-hydrogen) atoms. The monoisotopic (exact) mass is 570 g/mol. The molecule has 3 heterocycles. The number of fused-ring (bicyclic) bond motifs is 1. The summed E-state index contributed by atoms with van der Waals surface area (Å²) in [5, 5.41) is 10.3. The van der Waals surface area contributed by atoms with Crippen LogP contribution in [0.3, 0.4) is 0 Å². The maximum absolute atomic E-state index is 11.6. The Morgan fingerprint density at radius 3 is 2.66 bits per heavy atom. The molecular formula is C33H35ClN4O3. The number of anilines is 2. The number of carbonyl (C=O) groups is 1. The molecule has 3 aromatic carbocycles. The Labute approximate surface area is 245 Å². The molecule has 1 unspecified atom stereocenters. The minimum Gasteiger partial charge on any atom is -0.478 e. The Bertz CT molecular complexity index is 1610. The topological polar surface area (TPSA) is 70.8 Å². The average Bonchev–Trinajstić information content (AvgIpc) is 3.27. The zero-order valence-corrected chi connectivity index (χ0v) is 24.3. The van der Waals surface area contributed by atoms with Crippen LogP contribution in [0.15, 0.2) is 66.2 Å². The summed E-state index contributed by atoms with van der Waals surface area (Å²) in [4.78, 5) is 21.1. The Balaban J connectivity index is 1.15. The summed E-state index contributed by atoms with van der Waals surface area (Å²) < 4.78 is 7.88. The summed E-state index contributed by atoms with van der Waals surface area (Å²) in [7, 11) is 2.05. The first-order valence-corrected chi connectivity index (χ1v) is 14.6. The van der Waals surface area contributed by atoms with Gasteiger partial charge in [-0.3, -0.25) is 4.90 Å². The molecule has 1 atom stereocenters. The van der Waals surface area contributed by atoms with E-state index < -0.39 is 5.97 Å². The van der Waals surface area contributed by atoms with Gasteiger partial charge in [-0.1, -0.05) is 41.4 Å². The van der Waals surface area contributed by atoms with Gasteiger partial charge in [-0.05, 0) is 79.8 Å². The standard InChI is InChI=1S/C33H35ClN4O3/c1-22-6-9-30(28(34)16-22)36(2)26-5-3-4-24(18-26)17-23-10-13-37(14-11-23)21-32-35-29-8-7-25(33(39)40)19-31(29)38(32)20-27-12-15-41-27/h3-9,16-19,27H,10-15,20-21H2,1-2H3,(H,39,40). The fraction of sp³-hybridized carbons (Fsp3) is 0.333. The molecule has 0 saturated carbocycles. The third-order valence-corrected chi connectivity index (χ3v) is 8.51. The summed E-state index contributed by atoms with van der Waals surface area (Å²) in [5.74, 6) is 0.0449. The van der Waals surface area contributed by atoms with Gasteiger partial charge in [0.15, 0.2) is 0 Å². The van der Waals surface area contributed by atoms with E-state index in [1.807, 2.05) is 26.1 Å². The van der Waals surface area contributed by atoms with Crippen LogP contribution in [0, 0.1) is 6.92 Å². The van der Waals surface area contributed by atoms with Crippen LogP contribution in [-0.2, 0) is 17.8 Å². The highest BCUT2D eigenvalue weighted by Crippen LogP contribution is 2.32. The second-order valence-corrected chi connectivity index (χ2v) is 11.5. The molecule has 2 aliphatic heterocycles. The molecule has 0 radical (unpaired) electrons. The van der Waals surface area contributed by atoms with Crippen LogP contribution in [-0.4, -0.2) is 58.4 Å². The largest absolute Gasteiger partial charge is 0.478 e. The molecule has 0 amide bonds. The molecule has 0 spiro atoms. The number of hydrogen-bond acceptors (Lipinski definition) is 5. The average molecular weight is 571 g/mol. The van der Waals surface area contributed by atoms with Crippen LogP contribution in [0.4, 0.5) is 11.4 Å². The van der Waals surface area contributed by atoms with Gasteiger partial charge < -0.3 is 19.3 Å². The van der Waals surface area contributed by atoms with E-state index in [9.17, 15) is 9.90 Å². The number of benzene rings is 3. The van der Waals surface area contributed by atoms with Crippen LogP contribution >= 0.6 is 11.6 Å². The van der Waals surface area contributed by atoms with Gasteiger partial charge in [-0.2, -0.15) is 0 Å². The second kappa shape index (κ2) is 11.7. The van der Waals surface area contributed by atoms with Crippen molar-refractivity contribution in [1.82, 2.24) is 14.5 Å². The lowest BCUT2D eigenvalue weighted by Crippen LogP contribution is -2.34. The molecule has 0 bridgehead atoms. The Morgan fingerprint density at radius 2 is 1.95 bits per heavy atom. The number of likely N-dealkylation sites (tertiary alicyclic amines) is 1. The van der Waals surface area contributed by atoms with Crippen molar-refractivity contribution in [2.24, 2.45) is 0 Å². The Kier molecular flexibility index (Phi) is 7.84. The molecule has 0 aliphatic carbocycles. The third kappa shape index (κ3) is 6.03. The highest BCUT2D eigenvalue weighted by atomic mass is 35.5. The molecule has 7 nitrogen and oxygen atoms in total. The SMILES string of the molecule is Cc1ccc(N(C)c2cccc(C=C3CCN(Cc4nc5ccc(C(=O)O)cc5n4CC4CCO4)CC3)c2)c(Cl)c1. The molecule has 8 heteroatoms. The summed E-state index contributed by atoms with van der Waals surface area (Å²) in [6.45, 7) is 6.17. The van der Waals surface area contributed by atoms with Crippen molar-refractivity contribution >= 4 is 46.1 Å². The lowest BCUT2D eigenvalue weighted by molar-refractivity contribution is -0.0592. The maximum Gasteiger partial charge on any atom is 0.335 e. The van der Waals surface area contributed by atoms with Gasteiger partial charge in [0.2, 0.25) is 0 Å². The first-order valence-electron chi connectivity index (χ1n) is 14.2. The number of piperidine rings is 1. The quantitative estimate of drug-likeness (QED) is 0.248. The fourth-order valence-corrected chi connectivity index (χ4v) is 6.05. The summed E-state index contributed by atoms with van der Waals surface area (Å²) >= 11 is 6.53. The van der Waals surface area contributed by atoms with E-state index in [4.69, 9.17) is 21.3 Å². The predicted molar refractivity (Wildman–Crippen MR) is 164 cm³/mol. The number of ether oxygens (including phenoxy) is 1. The Morgan fingerprint density at radius 1 is 1.15 bits per heavy atom. The number of aromatic carboxylic acids is 1. The van der Waals surface area contributed by atoms with Crippen molar-refractivity contribution in [1.29, 1.82) is 0 Å². The number of rotatable bonds is 8. The third-order valence-electron chi connectivity index (χ3n) is 8.21. The van der Waals surface area contributed by atoms with Crippen LogP contribution in [0.25, 0.3) is 17.1 Å². The maximum atomic E-state index is 11.6. The number of aryl methyl sites for hydroxylation is 1. The van der Waals surface area contributed by atoms with Gasteiger partial charge in [-0.25, -0.2) is 9.78 Å². The summed E-state index contributed by atoms with van der Waals surface area (Å²) in [6, 6.07) is 19.9. The molecule has 1 N–H and O–H groups in total. The van der Waals surface area contributed by atoms with E-state index in [1.165, 1.54) is 11.1 Å². The number of aromatic nitrogens is 2. The van der Waals surface area contributed by atoms with E-state index in [0.717, 1.165) is 84.3 Å². The molecule has 212 valence electrons. The normalized spacial score (nSPS) is 17.4. The van der Waals surface area contributed by atoms with Crippen LogP contribution in [0.2, 0.25) is 5.02 Å². The van der Waals surface area contributed by atoms with Crippen molar-refractivity contribution in [3.05, 3.63) is 93.8 Å². The van der Waals surface area contributed by atoms with Gasteiger partial charge >= 0.3 is 5.97 Å². The van der Waals surface area contributed by atoms with Crippen molar-refractivity contribution in [2.45, 2.75) is 45.4 Å². The van der Waals surface area contributed by atoms with Crippen molar-refractivity contribution in [3.63, 3.8) is 0 Å². The molecule has 4 aromatic rings.